The van der Waals surface area contributed by atoms with Crippen LogP contribution in [0.2, 0.25) is 0 Å². The van der Waals surface area contributed by atoms with E-state index in [1.165, 1.54) is 0 Å². The predicted octanol–water partition coefficient (Wildman–Crippen LogP) is 2.39. The van der Waals surface area contributed by atoms with Gasteiger partial charge in [-0.2, -0.15) is 5.26 Å². The Labute approximate surface area is 116 Å². The van der Waals surface area contributed by atoms with Crippen LogP contribution in [-0.4, -0.2) is 14.5 Å². The Hall–Kier alpha value is -3.13. The summed E-state index contributed by atoms with van der Waals surface area (Å²) in [6, 6.07) is 13.0. The highest BCUT2D eigenvalue weighted by Gasteiger charge is 2.11. The summed E-state index contributed by atoms with van der Waals surface area (Å²) in [7, 11) is 0. The molecule has 96 valence electrons. The van der Waals surface area contributed by atoms with Crippen LogP contribution in [0.15, 0.2) is 55.0 Å². The summed E-state index contributed by atoms with van der Waals surface area (Å²) in [4.78, 5) is 8.61. The number of anilines is 1. The fourth-order valence-electron chi connectivity index (χ4n) is 2.04. The number of benzene rings is 1. The van der Waals surface area contributed by atoms with E-state index in [0.717, 1.165) is 5.56 Å². The van der Waals surface area contributed by atoms with Crippen molar-refractivity contribution in [3.8, 4) is 23.3 Å². The lowest BCUT2D eigenvalue weighted by atomic mass is 10.2. The number of nitriles is 1. The van der Waals surface area contributed by atoms with Gasteiger partial charge in [-0.3, -0.25) is 4.57 Å². The molecule has 0 amide bonds. The zero-order valence-corrected chi connectivity index (χ0v) is 10.6. The largest absolute Gasteiger partial charge is 0.399 e. The molecule has 0 radical (unpaired) electrons. The molecule has 2 heterocycles. The summed E-state index contributed by atoms with van der Waals surface area (Å²) >= 11 is 0. The van der Waals surface area contributed by atoms with Crippen molar-refractivity contribution < 1.29 is 0 Å². The lowest BCUT2D eigenvalue weighted by Gasteiger charge is -2.08. The molecule has 0 bridgehead atoms. The first-order valence-corrected chi connectivity index (χ1v) is 6.04. The van der Waals surface area contributed by atoms with E-state index >= 15 is 0 Å². The first-order valence-electron chi connectivity index (χ1n) is 6.04. The highest BCUT2D eigenvalue weighted by molar-refractivity contribution is 5.63. The quantitative estimate of drug-likeness (QED) is 0.718. The number of pyridine rings is 1. The van der Waals surface area contributed by atoms with Gasteiger partial charge < -0.3 is 5.73 Å². The van der Waals surface area contributed by atoms with E-state index in [4.69, 9.17) is 5.73 Å². The molecule has 5 heteroatoms. The smallest absolute Gasteiger partial charge is 0.156 e. The van der Waals surface area contributed by atoms with Gasteiger partial charge in [0.1, 0.15) is 11.9 Å². The van der Waals surface area contributed by atoms with Crippen LogP contribution < -0.4 is 5.73 Å². The van der Waals surface area contributed by atoms with Crippen molar-refractivity contribution in [1.82, 2.24) is 14.5 Å². The third kappa shape index (κ3) is 1.99. The number of nitrogens with zero attached hydrogens (tertiary/aromatic N) is 4. The fourth-order valence-corrected chi connectivity index (χ4v) is 2.04. The lowest BCUT2D eigenvalue weighted by molar-refractivity contribution is 0.995. The molecule has 20 heavy (non-hydrogen) atoms. The number of imidazole rings is 1. The second-order valence-corrected chi connectivity index (χ2v) is 4.23. The van der Waals surface area contributed by atoms with Crippen LogP contribution in [-0.2, 0) is 0 Å². The second-order valence-electron chi connectivity index (χ2n) is 4.23. The zero-order chi connectivity index (χ0) is 13.9. The van der Waals surface area contributed by atoms with Crippen molar-refractivity contribution in [2.75, 3.05) is 5.73 Å². The van der Waals surface area contributed by atoms with Gasteiger partial charge in [-0.05, 0) is 24.3 Å². The Balaban J connectivity index is 2.19. The molecule has 3 rings (SSSR count). The average Bonchev–Trinajstić information content (AvgIpc) is 2.96. The van der Waals surface area contributed by atoms with E-state index in [1.54, 1.807) is 35.3 Å². The Morgan fingerprint density at radius 1 is 1.10 bits per heavy atom. The molecule has 0 unspecified atom stereocenters. The molecule has 0 aliphatic carbocycles. The van der Waals surface area contributed by atoms with Gasteiger partial charge in [0.25, 0.3) is 0 Å². The number of nitrogen functional groups attached to an aromatic ring is 1. The van der Waals surface area contributed by atoms with Crippen molar-refractivity contribution in [1.29, 1.82) is 5.26 Å². The van der Waals surface area contributed by atoms with E-state index in [1.807, 2.05) is 24.3 Å². The van der Waals surface area contributed by atoms with Crippen molar-refractivity contribution in [2.24, 2.45) is 0 Å². The molecule has 1 aromatic carbocycles. The molecule has 2 N–H and O–H groups in total. The summed E-state index contributed by atoms with van der Waals surface area (Å²) in [6.45, 7) is 0. The first-order chi connectivity index (χ1) is 9.79. The summed E-state index contributed by atoms with van der Waals surface area (Å²) < 4.78 is 1.79. The first kappa shape index (κ1) is 11.9. The molecular formula is C15H11N5. The topological polar surface area (TPSA) is 80.5 Å². The van der Waals surface area contributed by atoms with E-state index in [-0.39, 0.29) is 0 Å². The summed E-state index contributed by atoms with van der Waals surface area (Å²) in [5.74, 6) is 1.26. The van der Waals surface area contributed by atoms with Crippen molar-refractivity contribution >= 4 is 5.69 Å². The van der Waals surface area contributed by atoms with Gasteiger partial charge in [0.05, 0.1) is 5.56 Å². The second kappa shape index (κ2) is 4.86. The van der Waals surface area contributed by atoms with Gasteiger partial charge in [0.2, 0.25) is 0 Å². The lowest BCUT2D eigenvalue weighted by Crippen LogP contribution is -2.02. The average molecular weight is 261 g/mol. The molecule has 5 nitrogen and oxygen atoms in total. The number of rotatable bonds is 2. The fraction of sp³-hybridized carbons (Fsp3) is 0. The van der Waals surface area contributed by atoms with Crippen LogP contribution in [0.4, 0.5) is 5.69 Å². The Kier molecular flexibility index (Phi) is 2.90. The van der Waals surface area contributed by atoms with Crippen LogP contribution in [0, 0.1) is 11.3 Å². The molecular weight excluding hydrogens is 250 g/mol. The van der Waals surface area contributed by atoms with Gasteiger partial charge >= 0.3 is 0 Å². The predicted molar refractivity (Wildman–Crippen MR) is 75.9 cm³/mol. The maximum Gasteiger partial charge on any atom is 0.156 e. The highest BCUT2D eigenvalue weighted by Crippen LogP contribution is 2.23. The van der Waals surface area contributed by atoms with Crippen LogP contribution in [0.3, 0.4) is 0 Å². The van der Waals surface area contributed by atoms with Gasteiger partial charge in [-0.15, -0.1) is 0 Å². The number of hydrogen-bond donors (Lipinski definition) is 1. The molecule has 0 aliphatic heterocycles. The summed E-state index contributed by atoms with van der Waals surface area (Å²) in [5, 5.41) is 9.18. The molecule has 3 aromatic rings. The molecule has 2 aromatic heterocycles. The molecule has 0 fully saturated rings. The maximum absolute atomic E-state index is 9.18. The molecule has 0 atom stereocenters. The minimum Gasteiger partial charge on any atom is -0.399 e. The normalized spacial score (nSPS) is 10.2. The van der Waals surface area contributed by atoms with E-state index in [2.05, 4.69) is 16.0 Å². The van der Waals surface area contributed by atoms with E-state index in [0.29, 0.717) is 22.9 Å². The number of nitrogens with two attached hydrogens (primary N) is 1. The molecule has 0 saturated carbocycles. The van der Waals surface area contributed by atoms with E-state index < -0.39 is 0 Å². The number of aromatic nitrogens is 3. The van der Waals surface area contributed by atoms with Crippen LogP contribution >= 0.6 is 0 Å². The highest BCUT2D eigenvalue weighted by atomic mass is 15.1. The van der Waals surface area contributed by atoms with Gasteiger partial charge in [0, 0.05) is 29.8 Å². The van der Waals surface area contributed by atoms with Crippen LogP contribution in [0.25, 0.3) is 17.2 Å². The number of hydrogen-bond acceptors (Lipinski definition) is 4. The summed E-state index contributed by atoms with van der Waals surface area (Å²) in [5.41, 5.74) is 7.85. The minimum absolute atomic E-state index is 0.496. The summed E-state index contributed by atoms with van der Waals surface area (Å²) in [6.07, 6.45) is 5.11. The Morgan fingerprint density at radius 3 is 2.80 bits per heavy atom. The van der Waals surface area contributed by atoms with Crippen molar-refractivity contribution in [2.45, 2.75) is 0 Å². The third-order valence-electron chi connectivity index (χ3n) is 2.92. The third-order valence-corrected chi connectivity index (χ3v) is 2.92. The van der Waals surface area contributed by atoms with Crippen molar-refractivity contribution in [3.05, 3.63) is 60.6 Å². The zero-order valence-electron chi connectivity index (χ0n) is 10.6. The van der Waals surface area contributed by atoms with Gasteiger partial charge in [0.15, 0.2) is 5.82 Å². The van der Waals surface area contributed by atoms with Crippen LogP contribution in [0.1, 0.15) is 5.56 Å². The van der Waals surface area contributed by atoms with E-state index in [9.17, 15) is 5.26 Å². The van der Waals surface area contributed by atoms with Crippen LogP contribution in [0.5, 0.6) is 0 Å². The Bertz CT molecular complexity index is 798. The monoisotopic (exact) mass is 261 g/mol. The molecule has 0 saturated heterocycles. The SMILES string of the molecule is N#Cc1cccnc1-n1ccnc1-c1cccc(N)c1. The Morgan fingerprint density at radius 2 is 2.00 bits per heavy atom. The maximum atomic E-state index is 9.18. The molecule has 0 spiro atoms. The van der Waals surface area contributed by atoms with Gasteiger partial charge in [-0.25, -0.2) is 9.97 Å². The van der Waals surface area contributed by atoms with Crippen molar-refractivity contribution in [3.63, 3.8) is 0 Å². The standard InChI is InChI=1S/C15H11N5/c16-10-12-4-2-6-18-15(12)20-8-7-19-14(20)11-3-1-5-13(17)9-11/h1-9H,17H2. The minimum atomic E-state index is 0.496. The van der Waals surface area contributed by atoms with Gasteiger partial charge in [-0.1, -0.05) is 12.1 Å². The molecule has 0 aliphatic rings.